The highest BCUT2D eigenvalue weighted by molar-refractivity contribution is 9.11. The topological polar surface area (TPSA) is 106 Å². The lowest BCUT2D eigenvalue weighted by molar-refractivity contribution is -0.139. The van der Waals surface area contributed by atoms with Crippen molar-refractivity contribution < 1.29 is 28.9 Å². The minimum absolute atomic E-state index is 0.283. The first-order valence-electron chi connectivity index (χ1n) is 9.89. The lowest BCUT2D eigenvalue weighted by Gasteiger charge is -2.12. The van der Waals surface area contributed by atoms with E-state index in [0.29, 0.717) is 38.2 Å². The Balaban J connectivity index is 1.69. The van der Waals surface area contributed by atoms with Gasteiger partial charge < -0.3 is 19.3 Å². The smallest absolute Gasteiger partial charge is 0.341 e. The predicted octanol–water partition coefficient (Wildman–Crippen LogP) is 5.03. The summed E-state index contributed by atoms with van der Waals surface area (Å²) in [6.45, 7) is -0.159. The average Bonchev–Trinajstić information content (AvgIpc) is 2.82. The molecule has 8 nitrogen and oxygen atoms in total. The van der Waals surface area contributed by atoms with Gasteiger partial charge in [-0.3, -0.25) is 4.79 Å². The second-order valence-electron chi connectivity index (χ2n) is 6.83. The number of methoxy groups -OCH3 is 1. The fraction of sp³-hybridized carbons (Fsp3) is 0.125. The van der Waals surface area contributed by atoms with Crippen molar-refractivity contribution in [3.05, 3.63) is 86.3 Å². The van der Waals surface area contributed by atoms with Gasteiger partial charge in [-0.2, -0.15) is 5.10 Å². The van der Waals surface area contributed by atoms with E-state index in [-0.39, 0.29) is 5.75 Å². The van der Waals surface area contributed by atoms with Crippen molar-refractivity contribution in [1.29, 1.82) is 0 Å². The third kappa shape index (κ3) is 7.06. The number of carbonyl (C=O) groups is 2. The largest absolute Gasteiger partial charge is 0.493 e. The van der Waals surface area contributed by atoms with Gasteiger partial charge in [0.25, 0.3) is 5.91 Å². The third-order valence-electron chi connectivity index (χ3n) is 4.41. The standard InChI is InChI=1S/C24H20Br2N2O6/c1-32-21-10-16(7-8-20(21)33-13-15-5-3-2-4-6-15)24(31)28-27-12-17-9-18(25)11-19(26)23(17)34-14-22(29)30/h2-12H,13-14H2,1H3,(H,28,31)(H,29,30)/b27-12+. The van der Waals surface area contributed by atoms with E-state index in [0.717, 1.165) is 5.56 Å². The van der Waals surface area contributed by atoms with Crippen LogP contribution in [0.5, 0.6) is 17.2 Å². The second-order valence-corrected chi connectivity index (χ2v) is 8.60. The van der Waals surface area contributed by atoms with Crippen LogP contribution in [0.4, 0.5) is 0 Å². The van der Waals surface area contributed by atoms with Crippen LogP contribution < -0.4 is 19.6 Å². The zero-order valence-corrected chi connectivity index (χ0v) is 21.1. The average molecular weight is 592 g/mol. The highest BCUT2D eigenvalue weighted by Gasteiger charge is 2.13. The van der Waals surface area contributed by atoms with Crippen molar-refractivity contribution in [3.63, 3.8) is 0 Å². The molecule has 3 aromatic carbocycles. The van der Waals surface area contributed by atoms with Gasteiger partial charge in [0.05, 0.1) is 17.8 Å². The van der Waals surface area contributed by atoms with Crippen molar-refractivity contribution in [3.8, 4) is 17.2 Å². The Morgan fingerprint density at radius 3 is 2.50 bits per heavy atom. The molecule has 3 rings (SSSR count). The highest BCUT2D eigenvalue weighted by atomic mass is 79.9. The first-order valence-corrected chi connectivity index (χ1v) is 11.5. The number of hydrogen-bond donors (Lipinski definition) is 2. The Labute approximate surface area is 212 Å². The van der Waals surface area contributed by atoms with Crippen molar-refractivity contribution in [2.45, 2.75) is 6.61 Å². The van der Waals surface area contributed by atoms with Gasteiger partial charge in [0, 0.05) is 15.6 Å². The van der Waals surface area contributed by atoms with Gasteiger partial charge in [-0.1, -0.05) is 46.3 Å². The summed E-state index contributed by atoms with van der Waals surface area (Å²) in [4.78, 5) is 23.4. The monoisotopic (exact) mass is 590 g/mol. The number of amides is 1. The molecule has 0 heterocycles. The molecule has 0 fully saturated rings. The molecule has 2 N–H and O–H groups in total. The molecule has 0 saturated heterocycles. The molecule has 176 valence electrons. The molecule has 0 aliphatic carbocycles. The van der Waals surface area contributed by atoms with Crippen molar-refractivity contribution in [1.82, 2.24) is 5.43 Å². The van der Waals surface area contributed by atoms with Crippen LogP contribution in [0.3, 0.4) is 0 Å². The summed E-state index contributed by atoms with van der Waals surface area (Å²) in [7, 11) is 1.49. The fourth-order valence-corrected chi connectivity index (χ4v) is 4.22. The van der Waals surface area contributed by atoms with E-state index in [2.05, 4.69) is 42.4 Å². The summed E-state index contributed by atoms with van der Waals surface area (Å²) in [6.07, 6.45) is 1.36. The Hall–Kier alpha value is -3.37. The van der Waals surface area contributed by atoms with Crippen LogP contribution in [-0.2, 0) is 11.4 Å². The SMILES string of the molecule is COc1cc(C(=O)N/N=C/c2cc(Br)cc(Br)c2OCC(=O)O)ccc1OCc1ccccc1. The molecule has 0 aromatic heterocycles. The number of carbonyl (C=O) groups excluding carboxylic acids is 1. The van der Waals surface area contributed by atoms with Crippen molar-refractivity contribution >= 4 is 50.0 Å². The Morgan fingerprint density at radius 2 is 1.79 bits per heavy atom. The molecule has 3 aromatic rings. The highest BCUT2D eigenvalue weighted by Crippen LogP contribution is 2.32. The number of carboxylic acid groups (broad SMARTS) is 1. The molecule has 0 spiro atoms. The van der Waals surface area contributed by atoms with Crippen molar-refractivity contribution in [2.75, 3.05) is 13.7 Å². The molecule has 0 atom stereocenters. The number of carboxylic acids is 1. The molecule has 10 heteroatoms. The molecule has 0 aliphatic rings. The normalized spacial score (nSPS) is 10.7. The Bertz CT molecular complexity index is 1200. The number of rotatable bonds is 10. The number of benzene rings is 3. The molecule has 0 unspecified atom stereocenters. The molecule has 0 bridgehead atoms. The number of hydrogen-bond acceptors (Lipinski definition) is 6. The van der Waals surface area contributed by atoms with Gasteiger partial charge in [-0.05, 0) is 51.8 Å². The third-order valence-corrected chi connectivity index (χ3v) is 5.46. The molecule has 1 amide bonds. The van der Waals surface area contributed by atoms with E-state index < -0.39 is 18.5 Å². The number of ether oxygens (including phenoxy) is 3. The van der Waals surface area contributed by atoms with E-state index in [1.807, 2.05) is 30.3 Å². The zero-order chi connectivity index (χ0) is 24.5. The lowest BCUT2D eigenvalue weighted by atomic mass is 10.2. The van der Waals surface area contributed by atoms with Crippen LogP contribution in [0.2, 0.25) is 0 Å². The zero-order valence-electron chi connectivity index (χ0n) is 18.0. The molecular weight excluding hydrogens is 572 g/mol. The summed E-state index contributed by atoms with van der Waals surface area (Å²) in [6, 6.07) is 17.9. The van der Waals surface area contributed by atoms with Crippen LogP contribution in [0, 0.1) is 0 Å². The van der Waals surface area contributed by atoms with Crippen LogP contribution >= 0.6 is 31.9 Å². The summed E-state index contributed by atoms with van der Waals surface area (Å²) in [5, 5.41) is 12.9. The number of aliphatic carboxylic acids is 1. The minimum Gasteiger partial charge on any atom is -0.493 e. The molecule has 0 aliphatic heterocycles. The van der Waals surface area contributed by atoms with Gasteiger partial charge in [-0.15, -0.1) is 0 Å². The van der Waals surface area contributed by atoms with E-state index >= 15 is 0 Å². The van der Waals surface area contributed by atoms with Crippen LogP contribution in [0.1, 0.15) is 21.5 Å². The van der Waals surface area contributed by atoms with Crippen molar-refractivity contribution in [2.24, 2.45) is 5.10 Å². The maximum Gasteiger partial charge on any atom is 0.341 e. The summed E-state index contributed by atoms with van der Waals surface area (Å²) in [5.74, 6) is -0.383. The molecule has 0 saturated carbocycles. The van der Waals surface area contributed by atoms with Gasteiger partial charge in [0.1, 0.15) is 12.4 Å². The first-order chi connectivity index (χ1) is 16.4. The van der Waals surface area contributed by atoms with Gasteiger partial charge in [0.2, 0.25) is 0 Å². The van der Waals surface area contributed by atoms with E-state index in [1.54, 1.807) is 30.3 Å². The summed E-state index contributed by atoms with van der Waals surface area (Å²) >= 11 is 6.69. The second kappa shape index (κ2) is 12.2. The predicted molar refractivity (Wildman–Crippen MR) is 134 cm³/mol. The lowest BCUT2D eigenvalue weighted by Crippen LogP contribution is -2.18. The number of nitrogens with one attached hydrogen (secondary N) is 1. The number of halogens is 2. The quantitative estimate of drug-likeness (QED) is 0.253. The number of nitrogens with zero attached hydrogens (tertiary/aromatic N) is 1. The first kappa shape index (κ1) is 25.3. The maximum atomic E-state index is 12.6. The molecule has 34 heavy (non-hydrogen) atoms. The Kier molecular flexibility index (Phi) is 9.06. The maximum absolute atomic E-state index is 12.6. The number of hydrazone groups is 1. The van der Waals surface area contributed by atoms with Crippen LogP contribution in [0.25, 0.3) is 0 Å². The molecular formula is C24H20Br2N2O6. The fourth-order valence-electron chi connectivity index (χ4n) is 2.85. The van der Waals surface area contributed by atoms with Gasteiger partial charge in [-0.25, -0.2) is 10.2 Å². The summed E-state index contributed by atoms with van der Waals surface area (Å²) in [5.41, 5.74) is 4.23. The van der Waals surface area contributed by atoms with E-state index in [9.17, 15) is 9.59 Å². The van der Waals surface area contributed by atoms with Gasteiger partial charge >= 0.3 is 5.97 Å². The summed E-state index contributed by atoms with van der Waals surface area (Å²) < 4.78 is 17.8. The van der Waals surface area contributed by atoms with Crippen LogP contribution in [0.15, 0.2) is 74.7 Å². The van der Waals surface area contributed by atoms with E-state index in [1.165, 1.54) is 13.3 Å². The van der Waals surface area contributed by atoms with Gasteiger partial charge in [0.15, 0.2) is 18.1 Å². The minimum atomic E-state index is -1.11. The Morgan fingerprint density at radius 1 is 1.03 bits per heavy atom. The van der Waals surface area contributed by atoms with E-state index in [4.69, 9.17) is 19.3 Å². The molecule has 0 radical (unpaired) electrons. The van der Waals surface area contributed by atoms with Crippen LogP contribution in [-0.4, -0.2) is 36.9 Å².